The van der Waals surface area contributed by atoms with E-state index in [1.165, 1.54) is 58.9 Å². The van der Waals surface area contributed by atoms with Gasteiger partial charge in [0.2, 0.25) is 5.69 Å². The zero-order chi connectivity index (χ0) is 23.1. The van der Waals surface area contributed by atoms with Crippen LogP contribution in [0.3, 0.4) is 0 Å². The minimum atomic E-state index is -0.0173. The number of furan rings is 1. The molecule has 3 aromatic carbocycles. The molecule has 0 radical (unpaired) electrons. The molecule has 0 N–H and O–H groups in total. The molecule has 0 spiro atoms. The maximum atomic E-state index is 6.51. The van der Waals surface area contributed by atoms with Crippen molar-refractivity contribution in [3.63, 3.8) is 0 Å². The number of rotatable bonds is 1. The van der Waals surface area contributed by atoms with E-state index in [9.17, 15) is 0 Å². The van der Waals surface area contributed by atoms with Gasteiger partial charge in [-0.2, -0.15) is 4.57 Å². The largest absolute Gasteiger partial charge is 0.456 e. The van der Waals surface area contributed by atoms with Crippen LogP contribution in [0, 0.1) is 13.8 Å². The van der Waals surface area contributed by atoms with E-state index in [-0.39, 0.29) is 5.41 Å². The minimum absolute atomic E-state index is 0.0173. The monoisotopic (exact) mass is 450 g/mol. The molecule has 3 aromatic heterocycles. The van der Waals surface area contributed by atoms with Crippen LogP contribution in [0.1, 0.15) is 37.5 Å². The Hall–Kier alpha value is -3.17. The normalized spacial score (nSPS) is 12.5. The summed E-state index contributed by atoms with van der Waals surface area (Å²) in [5.74, 6) is 0. The number of pyridine rings is 1. The Morgan fingerprint density at radius 1 is 0.848 bits per heavy atom. The number of aryl methyl sites for hydroxylation is 3. The van der Waals surface area contributed by atoms with Crippen molar-refractivity contribution in [1.82, 2.24) is 0 Å². The van der Waals surface area contributed by atoms with Crippen molar-refractivity contribution < 1.29 is 8.98 Å². The Morgan fingerprint density at radius 2 is 1.58 bits per heavy atom. The van der Waals surface area contributed by atoms with E-state index >= 15 is 0 Å². The number of fused-ring (bicyclic) bond motifs is 6. The van der Waals surface area contributed by atoms with Crippen molar-refractivity contribution in [2.75, 3.05) is 0 Å². The SMILES string of the molecule is Cc1c(-c2c3sc4c(C)cccc4c3cc[n+]2C)cc(C(C)(C)C)c2c1oc1ccccc12. The van der Waals surface area contributed by atoms with Crippen LogP contribution < -0.4 is 4.57 Å². The van der Waals surface area contributed by atoms with Crippen LogP contribution in [-0.4, -0.2) is 0 Å². The number of para-hydroxylation sites is 1. The molecule has 0 aliphatic rings. The predicted molar refractivity (Wildman–Crippen MR) is 141 cm³/mol. The Labute approximate surface area is 198 Å². The molecule has 164 valence electrons. The molecule has 0 unspecified atom stereocenters. The van der Waals surface area contributed by atoms with Crippen LogP contribution >= 0.6 is 11.3 Å². The fraction of sp³-hybridized carbons (Fsp3) is 0.233. The summed E-state index contributed by atoms with van der Waals surface area (Å²) in [6.07, 6.45) is 2.20. The Kier molecular flexibility index (Phi) is 4.28. The lowest BCUT2D eigenvalue weighted by Crippen LogP contribution is -2.30. The van der Waals surface area contributed by atoms with E-state index in [0.717, 1.165) is 11.2 Å². The van der Waals surface area contributed by atoms with Crippen LogP contribution in [0.15, 0.2) is 65.2 Å². The first-order valence-electron chi connectivity index (χ1n) is 11.5. The highest BCUT2D eigenvalue weighted by atomic mass is 32.1. The summed E-state index contributed by atoms with van der Waals surface area (Å²) in [6.45, 7) is 11.3. The van der Waals surface area contributed by atoms with E-state index < -0.39 is 0 Å². The first kappa shape index (κ1) is 20.4. The van der Waals surface area contributed by atoms with E-state index in [1.807, 2.05) is 11.3 Å². The third-order valence-corrected chi connectivity index (χ3v) is 8.31. The molecule has 0 aliphatic carbocycles. The molecule has 6 rings (SSSR count). The van der Waals surface area contributed by atoms with Crippen molar-refractivity contribution in [3.8, 4) is 11.3 Å². The van der Waals surface area contributed by atoms with Gasteiger partial charge in [0.1, 0.15) is 22.9 Å². The lowest BCUT2D eigenvalue weighted by Gasteiger charge is -2.22. The topological polar surface area (TPSA) is 17.0 Å². The van der Waals surface area contributed by atoms with Gasteiger partial charge < -0.3 is 4.42 Å². The molecule has 0 amide bonds. The molecular formula is C30H28NOS+. The van der Waals surface area contributed by atoms with Crippen LogP contribution in [0.5, 0.6) is 0 Å². The van der Waals surface area contributed by atoms with Crippen molar-refractivity contribution in [2.24, 2.45) is 7.05 Å². The maximum absolute atomic E-state index is 6.51. The summed E-state index contributed by atoms with van der Waals surface area (Å²) in [5, 5.41) is 5.12. The van der Waals surface area contributed by atoms with Gasteiger partial charge in [0, 0.05) is 37.9 Å². The Bertz CT molecular complexity index is 1730. The third-order valence-electron chi connectivity index (χ3n) is 6.94. The average Bonchev–Trinajstić information content (AvgIpc) is 3.34. The smallest absolute Gasteiger partial charge is 0.230 e. The van der Waals surface area contributed by atoms with Gasteiger partial charge in [0.15, 0.2) is 6.20 Å². The third kappa shape index (κ3) is 2.88. The summed E-state index contributed by atoms with van der Waals surface area (Å²) in [4.78, 5) is 0. The van der Waals surface area contributed by atoms with E-state index in [1.54, 1.807) is 0 Å². The van der Waals surface area contributed by atoms with Gasteiger partial charge in [-0.15, -0.1) is 11.3 Å². The summed E-state index contributed by atoms with van der Waals surface area (Å²) in [5.41, 5.74) is 8.33. The number of nitrogens with zero attached hydrogens (tertiary/aromatic N) is 1. The summed E-state index contributed by atoms with van der Waals surface area (Å²) >= 11 is 1.90. The fourth-order valence-electron chi connectivity index (χ4n) is 5.22. The average molecular weight is 451 g/mol. The minimum Gasteiger partial charge on any atom is -0.456 e. The predicted octanol–water partition coefficient (Wildman–Crippen LogP) is 8.36. The number of thiophene rings is 1. The van der Waals surface area contributed by atoms with Crippen molar-refractivity contribution >= 4 is 53.4 Å². The van der Waals surface area contributed by atoms with Crippen molar-refractivity contribution in [3.05, 3.63) is 77.5 Å². The quantitative estimate of drug-likeness (QED) is 0.230. The molecule has 0 bridgehead atoms. The highest BCUT2D eigenvalue weighted by molar-refractivity contribution is 7.26. The molecule has 33 heavy (non-hydrogen) atoms. The van der Waals surface area contributed by atoms with Gasteiger partial charge in [0.25, 0.3) is 0 Å². The molecule has 3 heteroatoms. The molecule has 0 saturated carbocycles. The first-order chi connectivity index (χ1) is 15.8. The molecule has 0 aliphatic heterocycles. The van der Waals surface area contributed by atoms with Gasteiger partial charge in [-0.3, -0.25) is 0 Å². The Balaban J connectivity index is 1.80. The molecule has 2 nitrogen and oxygen atoms in total. The zero-order valence-electron chi connectivity index (χ0n) is 20.0. The van der Waals surface area contributed by atoms with Crippen LogP contribution in [-0.2, 0) is 12.5 Å². The second kappa shape index (κ2) is 6.91. The first-order valence-corrected chi connectivity index (χ1v) is 12.3. The van der Waals surface area contributed by atoms with Crippen LogP contribution in [0.2, 0.25) is 0 Å². The number of hydrogen-bond donors (Lipinski definition) is 0. The number of hydrogen-bond acceptors (Lipinski definition) is 2. The van der Waals surface area contributed by atoms with E-state index in [0.29, 0.717) is 0 Å². The molecule has 0 saturated heterocycles. The van der Waals surface area contributed by atoms with Crippen LogP contribution in [0.4, 0.5) is 0 Å². The summed E-state index contributed by atoms with van der Waals surface area (Å²) in [6, 6.07) is 19.7. The van der Waals surface area contributed by atoms with Gasteiger partial charge in [-0.1, -0.05) is 57.2 Å². The maximum Gasteiger partial charge on any atom is 0.230 e. The molecule has 0 fully saturated rings. The standard InChI is InChI=1S/C30H28NOS/c1-17-10-9-12-19-20-14-15-31(6)26(29(20)33-28(17)19)22-16-23(30(3,4)5)25-21-11-7-8-13-24(21)32-27(25)18(22)2/h7-16H,1-6H3/q+1. The van der Waals surface area contributed by atoms with E-state index in [2.05, 4.69) is 107 Å². The van der Waals surface area contributed by atoms with Crippen molar-refractivity contribution in [2.45, 2.75) is 40.0 Å². The summed E-state index contributed by atoms with van der Waals surface area (Å²) in [7, 11) is 2.16. The second-order valence-electron chi connectivity index (χ2n) is 10.2. The molecule has 3 heterocycles. The fourth-order valence-corrected chi connectivity index (χ4v) is 6.58. The molecule has 0 atom stereocenters. The highest BCUT2D eigenvalue weighted by Gasteiger charge is 2.28. The highest BCUT2D eigenvalue weighted by Crippen LogP contribution is 2.45. The van der Waals surface area contributed by atoms with Crippen molar-refractivity contribution in [1.29, 1.82) is 0 Å². The van der Waals surface area contributed by atoms with E-state index in [4.69, 9.17) is 4.42 Å². The molecule has 6 aromatic rings. The van der Waals surface area contributed by atoms with Gasteiger partial charge >= 0.3 is 0 Å². The van der Waals surface area contributed by atoms with Crippen LogP contribution in [0.25, 0.3) is 53.4 Å². The lowest BCUT2D eigenvalue weighted by molar-refractivity contribution is -0.659. The van der Waals surface area contributed by atoms with Gasteiger partial charge in [0.05, 0.1) is 5.56 Å². The van der Waals surface area contributed by atoms with Gasteiger partial charge in [-0.25, -0.2) is 0 Å². The van der Waals surface area contributed by atoms with Gasteiger partial charge in [-0.05, 0) is 42.5 Å². The lowest BCUT2D eigenvalue weighted by atomic mass is 9.81. The number of benzene rings is 3. The molecular weight excluding hydrogens is 422 g/mol. The second-order valence-corrected chi connectivity index (χ2v) is 11.2. The number of aromatic nitrogens is 1. The zero-order valence-corrected chi connectivity index (χ0v) is 20.9. The Morgan fingerprint density at radius 3 is 2.36 bits per heavy atom. The summed E-state index contributed by atoms with van der Waals surface area (Å²) < 4.78 is 11.5.